The fourth-order valence-corrected chi connectivity index (χ4v) is 2.06. The van der Waals surface area contributed by atoms with Crippen LogP contribution in [0.4, 0.5) is 0 Å². The standard InChI is InChI=1S/C10H18N2S.HI/c1-10(2)7-8(12(3)4)6-9(11-10)13-5;/h6H,7H2,1-5H3;1H. The van der Waals surface area contributed by atoms with Gasteiger partial charge < -0.3 is 28.9 Å². The van der Waals surface area contributed by atoms with Gasteiger partial charge in [0.2, 0.25) is 0 Å². The Morgan fingerprint density at radius 3 is 2.43 bits per heavy atom. The Labute approximate surface area is 108 Å². The third kappa shape index (κ3) is 3.90. The van der Waals surface area contributed by atoms with Gasteiger partial charge in [0.05, 0.1) is 24.7 Å². The van der Waals surface area contributed by atoms with Crippen molar-refractivity contribution in [2.75, 3.05) is 20.4 Å². The molecule has 0 unspecified atom stereocenters. The third-order valence-electron chi connectivity index (χ3n) is 2.18. The first kappa shape index (κ1) is 14.5. The lowest BCUT2D eigenvalue weighted by Gasteiger charge is -2.27. The largest absolute Gasteiger partial charge is 1.00 e. The van der Waals surface area contributed by atoms with Crippen molar-refractivity contribution in [3.63, 3.8) is 0 Å². The number of hydrogen-bond acceptors (Lipinski definition) is 2. The number of thioether (sulfide) groups is 1. The van der Waals surface area contributed by atoms with Gasteiger partial charge in [0.15, 0.2) is 0 Å². The molecule has 14 heavy (non-hydrogen) atoms. The summed E-state index contributed by atoms with van der Waals surface area (Å²) in [4.78, 5) is 6.07. The van der Waals surface area contributed by atoms with Gasteiger partial charge in [0.1, 0.15) is 5.70 Å². The number of quaternary nitrogens is 1. The Hall–Kier alpha value is 0.450. The number of nitrogens with one attached hydrogen (secondary N) is 1. The van der Waals surface area contributed by atoms with Gasteiger partial charge in [-0.1, -0.05) is 0 Å². The zero-order chi connectivity index (χ0) is 10.1. The van der Waals surface area contributed by atoms with E-state index in [1.165, 1.54) is 10.6 Å². The van der Waals surface area contributed by atoms with Crippen molar-refractivity contribution < 1.29 is 28.9 Å². The zero-order valence-electron chi connectivity index (χ0n) is 9.52. The second-order valence-corrected chi connectivity index (χ2v) is 5.14. The highest BCUT2D eigenvalue weighted by Crippen LogP contribution is 2.24. The van der Waals surface area contributed by atoms with Crippen molar-refractivity contribution in [3.8, 4) is 0 Å². The number of aliphatic imine (C=N–C) groups is 1. The second kappa shape index (κ2) is 5.51. The van der Waals surface area contributed by atoms with Gasteiger partial charge in [0.25, 0.3) is 0 Å². The van der Waals surface area contributed by atoms with Gasteiger partial charge in [-0.15, -0.1) is 11.8 Å². The summed E-state index contributed by atoms with van der Waals surface area (Å²) in [5.41, 5.74) is 1.53. The summed E-state index contributed by atoms with van der Waals surface area (Å²) in [6.07, 6.45) is 5.37. The summed E-state index contributed by atoms with van der Waals surface area (Å²) in [6.45, 7) is 4.39. The number of dihydropyridines is 1. The molecule has 0 radical (unpaired) electrons. The van der Waals surface area contributed by atoms with Crippen LogP contribution in [0.5, 0.6) is 0 Å². The van der Waals surface area contributed by atoms with Crippen LogP contribution in [0.15, 0.2) is 16.8 Å². The van der Waals surface area contributed by atoms with Crippen LogP contribution in [0, 0.1) is 0 Å². The molecule has 0 aliphatic carbocycles. The molecule has 1 rings (SSSR count). The minimum Gasteiger partial charge on any atom is -1.00 e. The highest BCUT2D eigenvalue weighted by atomic mass is 127. The van der Waals surface area contributed by atoms with Gasteiger partial charge in [-0.2, -0.15) is 0 Å². The molecule has 82 valence electrons. The van der Waals surface area contributed by atoms with E-state index in [4.69, 9.17) is 0 Å². The molecule has 1 aliphatic rings. The molecule has 1 N–H and O–H groups in total. The molecule has 0 amide bonds. The quantitative estimate of drug-likeness (QED) is 0.550. The van der Waals surface area contributed by atoms with Crippen molar-refractivity contribution in [2.45, 2.75) is 25.8 Å². The van der Waals surface area contributed by atoms with Crippen molar-refractivity contribution in [3.05, 3.63) is 11.8 Å². The van der Waals surface area contributed by atoms with E-state index >= 15 is 0 Å². The minimum atomic E-state index is 0. The van der Waals surface area contributed by atoms with E-state index in [1.807, 2.05) is 0 Å². The summed E-state index contributed by atoms with van der Waals surface area (Å²) < 4.78 is 0. The van der Waals surface area contributed by atoms with Gasteiger partial charge in [-0.05, 0) is 20.1 Å². The first-order valence-electron chi connectivity index (χ1n) is 4.59. The second-order valence-electron chi connectivity index (χ2n) is 4.31. The van der Waals surface area contributed by atoms with Crippen LogP contribution in [0.2, 0.25) is 0 Å². The first-order valence-corrected chi connectivity index (χ1v) is 5.82. The van der Waals surface area contributed by atoms with E-state index in [0.717, 1.165) is 11.5 Å². The zero-order valence-corrected chi connectivity index (χ0v) is 12.5. The lowest BCUT2D eigenvalue weighted by molar-refractivity contribution is -0.818. The SMILES string of the molecule is CSC1=NC(C)(C)CC([NH+](C)C)=C1.[I-]. The van der Waals surface area contributed by atoms with Crippen LogP contribution in [0.25, 0.3) is 0 Å². The summed E-state index contributed by atoms with van der Waals surface area (Å²) >= 11 is 1.73. The molecule has 0 fully saturated rings. The summed E-state index contributed by atoms with van der Waals surface area (Å²) in [7, 11) is 4.34. The number of hydrogen-bond donors (Lipinski definition) is 1. The van der Waals surface area contributed by atoms with Crippen molar-refractivity contribution >= 4 is 16.8 Å². The summed E-state index contributed by atoms with van der Waals surface area (Å²) in [6, 6.07) is 0. The van der Waals surface area contributed by atoms with Crippen LogP contribution in [0.3, 0.4) is 0 Å². The molecule has 0 saturated carbocycles. The predicted octanol–water partition coefficient (Wildman–Crippen LogP) is -2.04. The van der Waals surface area contributed by atoms with Crippen molar-refractivity contribution in [1.82, 2.24) is 0 Å². The maximum atomic E-state index is 4.66. The normalized spacial score (nSPS) is 19.9. The van der Waals surface area contributed by atoms with Crippen molar-refractivity contribution in [1.29, 1.82) is 0 Å². The molecule has 0 aromatic carbocycles. The topological polar surface area (TPSA) is 16.8 Å². The molecular weight excluding hydrogens is 307 g/mol. The maximum absolute atomic E-state index is 4.66. The molecule has 0 bridgehead atoms. The van der Waals surface area contributed by atoms with Crippen LogP contribution in [-0.2, 0) is 0 Å². The average molecular weight is 326 g/mol. The first-order chi connectivity index (χ1) is 5.94. The number of nitrogens with zero attached hydrogens (tertiary/aromatic N) is 1. The number of rotatable bonds is 1. The van der Waals surface area contributed by atoms with Crippen molar-refractivity contribution in [2.24, 2.45) is 4.99 Å². The predicted molar refractivity (Wildman–Crippen MR) is 60.5 cm³/mol. The Morgan fingerprint density at radius 2 is 2.00 bits per heavy atom. The average Bonchev–Trinajstić information content (AvgIpc) is 2.01. The summed E-state index contributed by atoms with van der Waals surface area (Å²) in [5.74, 6) is 0. The molecular formula is C10H19IN2S. The van der Waals surface area contributed by atoms with E-state index in [1.54, 1.807) is 11.8 Å². The molecule has 0 aromatic heterocycles. The highest BCUT2D eigenvalue weighted by molar-refractivity contribution is 8.13. The number of halogens is 1. The van der Waals surface area contributed by atoms with Gasteiger partial charge in [-0.25, -0.2) is 0 Å². The molecule has 1 aliphatic heterocycles. The Morgan fingerprint density at radius 1 is 1.43 bits per heavy atom. The Bertz CT molecular complexity index is 257. The van der Waals surface area contributed by atoms with Crippen LogP contribution < -0.4 is 28.9 Å². The Balaban J connectivity index is 0.00000169. The Kier molecular flexibility index (Phi) is 5.69. The van der Waals surface area contributed by atoms with E-state index in [-0.39, 0.29) is 29.5 Å². The molecule has 0 aromatic rings. The third-order valence-corrected chi connectivity index (χ3v) is 2.81. The van der Waals surface area contributed by atoms with Gasteiger partial charge >= 0.3 is 0 Å². The van der Waals surface area contributed by atoms with E-state index in [9.17, 15) is 0 Å². The fourth-order valence-electron chi connectivity index (χ4n) is 1.46. The molecule has 0 atom stereocenters. The molecule has 0 spiro atoms. The van der Waals surface area contributed by atoms with E-state index < -0.39 is 0 Å². The van der Waals surface area contributed by atoms with Crippen LogP contribution >= 0.6 is 11.8 Å². The smallest absolute Gasteiger partial charge is 0.112 e. The highest BCUT2D eigenvalue weighted by Gasteiger charge is 2.26. The fraction of sp³-hybridized carbons (Fsp3) is 0.700. The van der Waals surface area contributed by atoms with Crippen LogP contribution in [-0.4, -0.2) is 30.9 Å². The summed E-state index contributed by atoms with van der Waals surface area (Å²) in [5, 5.41) is 1.16. The molecule has 2 nitrogen and oxygen atoms in total. The molecule has 0 saturated heterocycles. The minimum absolute atomic E-state index is 0. The van der Waals surface area contributed by atoms with Crippen LogP contribution in [0.1, 0.15) is 20.3 Å². The van der Waals surface area contributed by atoms with Gasteiger partial charge in [-0.3, -0.25) is 4.99 Å². The lowest BCUT2D eigenvalue weighted by Crippen LogP contribution is -3.04. The maximum Gasteiger partial charge on any atom is 0.112 e. The molecule has 4 heteroatoms. The monoisotopic (exact) mass is 326 g/mol. The molecule has 1 heterocycles. The van der Waals surface area contributed by atoms with Gasteiger partial charge in [0, 0.05) is 12.5 Å². The lowest BCUT2D eigenvalue weighted by atomic mass is 9.96. The van der Waals surface area contributed by atoms with E-state index in [2.05, 4.69) is 45.3 Å². The van der Waals surface area contributed by atoms with E-state index in [0.29, 0.717) is 0 Å².